The van der Waals surface area contributed by atoms with Crippen molar-refractivity contribution in [1.82, 2.24) is 4.90 Å². The van der Waals surface area contributed by atoms with Crippen LogP contribution in [0.3, 0.4) is 0 Å². The number of benzene rings is 2. The molecule has 0 saturated heterocycles. The summed E-state index contributed by atoms with van der Waals surface area (Å²) in [4.78, 5) is 13.9. The minimum atomic E-state index is -3.10. The molecular weight excluding hydrogens is 317 g/mol. The zero-order valence-electron chi connectivity index (χ0n) is 13.0. The van der Waals surface area contributed by atoms with E-state index in [2.05, 4.69) is 0 Å². The molecule has 0 atom stereocenters. The van der Waals surface area contributed by atoms with Crippen molar-refractivity contribution in [2.75, 3.05) is 13.3 Å². The summed E-state index contributed by atoms with van der Waals surface area (Å²) in [7, 11) is -1.43. The SMILES string of the molecule is CN(Cc1ccc(F)cc1)C(=O)c1ccc(CS(C)(=O)=O)cc1. The first-order valence-electron chi connectivity index (χ1n) is 7.01. The van der Waals surface area contributed by atoms with Gasteiger partial charge in [0, 0.05) is 25.4 Å². The monoisotopic (exact) mass is 335 g/mol. The Balaban J connectivity index is 2.05. The smallest absolute Gasteiger partial charge is 0.253 e. The predicted octanol–water partition coefficient (Wildman–Crippen LogP) is 2.64. The van der Waals surface area contributed by atoms with Crippen LogP contribution in [0.2, 0.25) is 0 Å². The highest BCUT2D eigenvalue weighted by Crippen LogP contribution is 2.12. The third-order valence-electron chi connectivity index (χ3n) is 3.31. The summed E-state index contributed by atoms with van der Waals surface area (Å²) in [5.41, 5.74) is 1.95. The summed E-state index contributed by atoms with van der Waals surface area (Å²) in [6, 6.07) is 12.5. The molecule has 0 aliphatic rings. The van der Waals surface area contributed by atoms with E-state index >= 15 is 0 Å². The molecule has 23 heavy (non-hydrogen) atoms. The second-order valence-electron chi connectivity index (χ2n) is 5.55. The van der Waals surface area contributed by atoms with Crippen LogP contribution >= 0.6 is 0 Å². The van der Waals surface area contributed by atoms with Gasteiger partial charge in [-0.05, 0) is 35.4 Å². The molecule has 0 fully saturated rings. The maximum atomic E-state index is 12.9. The van der Waals surface area contributed by atoms with Gasteiger partial charge in [-0.25, -0.2) is 12.8 Å². The molecule has 0 unspecified atom stereocenters. The van der Waals surface area contributed by atoms with Gasteiger partial charge < -0.3 is 4.90 Å². The van der Waals surface area contributed by atoms with Crippen LogP contribution in [-0.2, 0) is 22.1 Å². The fourth-order valence-corrected chi connectivity index (χ4v) is 3.00. The second kappa shape index (κ2) is 6.91. The van der Waals surface area contributed by atoms with Crippen LogP contribution in [0.1, 0.15) is 21.5 Å². The van der Waals surface area contributed by atoms with Crippen molar-refractivity contribution >= 4 is 15.7 Å². The van der Waals surface area contributed by atoms with Gasteiger partial charge in [-0.2, -0.15) is 0 Å². The topological polar surface area (TPSA) is 54.5 Å². The normalized spacial score (nSPS) is 11.3. The average molecular weight is 335 g/mol. The van der Waals surface area contributed by atoms with Crippen molar-refractivity contribution in [3.63, 3.8) is 0 Å². The lowest BCUT2D eigenvalue weighted by atomic mass is 10.1. The molecule has 0 saturated carbocycles. The van der Waals surface area contributed by atoms with Crippen molar-refractivity contribution < 1.29 is 17.6 Å². The zero-order chi connectivity index (χ0) is 17.0. The highest BCUT2D eigenvalue weighted by Gasteiger charge is 2.13. The van der Waals surface area contributed by atoms with E-state index < -0.39 is 9.84 Å². The summed E-state index contributed by atoms with van der Waals surface area (Å²) >= 11 is 0. The molecule has 0 radical (unpaired) electrons. The molecule has 0 N–H and O–H groups in total. The third kappa shape index (κ3) is 5.17. The van der Waals surface area contributed by atoms with E-state index in [4.69, 9.17) is 0 Å². The van der Waals surface area contributed by atoms with Crippen molar-refractivity contribution in [3.05, 3.63) is 71.0 Å². The van der Waals surface area contributed by atoms with Crippen LogP contribution in [0.25, 0.3) is 0 Å². The van der Waals surface area contributed by atoms with Gasteiger partial charge in [0.15, 0.2) is 9.84 Å². The molecule has 0 bridgehead atoms. The summed E-state index contributed by atoms with van der Waals surface area (Å²) in [6.07, 6.45) is 1.17. The van der Waals surface area contributed by atoms with E-state index in [9.17, 15) is 17.6 Å². The molecule has 0 spiro atoms. The number of amides is 1. The van der Waals surface area contributed by atoms with Gasteiger partial charge in [-0.1, -0.05) is 24.3 Å². The Kier molecular flexibility index (Phi) is 5.15. The highest BCUT2D eigenvalue weighted by atomic mass is 32.2. The van der Waals surface area contributed by atoms with Crippen molar-refractivity contribution in [2.24, 2.45) is 0 Å². The standard InChI is InChI=1S/C17H18FNO3S/c1-19(11-13-5-9-16(18)10-6-13)17(20)15-7-3-14(4-8-15)12-23(2,21)22/h3-10H,11-12H2,1-2H3. The van der Waals surface area contributed by atoms with Gasteiger partial charge in [-0.3, -0.25) is 4.79 Å². The van der Waals surface area contributed by atoms with Crippen LogP contribution in [0.15, 0.2) is 48.5 Å². The predicted molar refractivity (Wildman–Crippen MR) is 87.2 cm³/mol. The first kappa shape index (κ1) is 17.1. The molecule has 0 aliphatic carbocycles. The van der Waals surface area contributed by atoms with Gasteiger partial charge in [-0.15, -0.1) is 0 Å². The van der Waals surface area contributed by atoms with Crippen LogP contribution in [0, 0.1) is 5.82 Å². The fraction of sp³-hybridized carbons (Fsp3) is 0.235. The Morgan fingerprint density at radius 1 is 1.00 bits per heavy atom. The molecule has 2 aromatic rings. The number of rotatable bonds is 5. The van der Waals surface area contributed by atoms with Gasteiger partial charge in [0.25, 0.3) is 5.91 Å². The third-order valence-corrected chi connectivity index (χ3v) is 4.17. The minimum absolute atomic E-state index is 0.0487. The Morgan fingerprint density at radius 2 is 1.52 bits per heavy atom. The van der Waals surface area contributed by atoms with E-state index in [1.807, 2.05) is 0 Å². The van der Waals surface area contributed by atoms with Crippen LogP contribution in [0.5, 0.6) is 0 Å². The first-order chi connectivity index (χ1) is 10.7. The molecule has 0 heterocycles. The van der Waals surface area contributed by atoms with Gasteiger partial charge >= 0.3 is 0 Å². The summed E-state index contributed by atoms with van der Waals surface area (Å²) in [6.45, 7) is 0.365. The van der Waals surface area contributed by atoms with E-state index in [1.54, 1.807) is 43.4 Å². The first-order valence-corrected chi connectivity index (χ1v) is 9.07. The summed E-state index contributed by atoms with van der Waals surface area (Å²) in [5, 5.41) is 0. The zero-order valence-corrected chi connectivity index (χ0v) is 13.8. The molecular formula is C17H18FNO3S. The number of hydrogen-bond acceptors (Lipinski definition) is 3. The van der Waals surface area contributed by atoms with E-state index in [1.165, 1.54) is 23.3 Å². The number of nitrogens with zero attached hydrogens (tertiary/aromatic N) is 1. The molecule has 6 heteroatoms. The van der Waals surface area contributed by atoms with Crippen molar-refractivity contribution in [1.29, 1.82) is 0 Å². The van der Waals surface area contributed by atoms with Gasteiger partial charge in [0.2, 0.25) is 0 Å². The number of sulfone groups is 1. The molecule has 4 nitrogen and oxygen atoms in total. The molecule has 2 rings (SSSR count). The second-order valence-corrected chi connectivity index (χ2v) is 7.69. The molecule has 2 aromatic carbocycles. The molecule has 0 aromatic heterocycles. The highest BCUT2D eigenvalue weighted by molar-refractivity contribution is 7.89. The lowest BCUT2D eigenvalue weighted by Gasteiger charge is -2.17. The number of carbonyl (C=O) groups is 1. The lowest BCUT2D eigenvalue weighted by Crippen LogP contribution is -2.26. The minimum Gasteiger partial charge on any atom is -0.337 e. The Morgan fingerprint density at radius 3 is 2.04 bits per heavy atom. The summed E-state index contributed by atoms with van der Waals surface area (Å²) < 4.78 is 35.4. The Labute approximate surface area is 135 Å². The largest absolute Gasteiger partial charge is 0.337 e. The maximum Gasteiger partial charge on any atom is 0.253 e. The quantitative estimate of drug-likeness (QED) is 0.844. The molecule has 1 amide bonds. The van der Waals surface area contributed by atoms with E-state index in [0.717, 1.165) is 5.56 Å². The average Bonchev–Trinajstić information content (AvgIpc) is 2.48. The lowest BCUT2D eigenvalue weighted by molar-refractivity contribution is 0.0785. The van der Waals surface area contributed by atoms with E-state index in [-0.39, 0.29) is 17.5 Å². The van der Waals surface area contributed by atoms with Crippen LogP contribution < -0.4 is 0 Å². The van der Waals surface area contributed by atoms with Crippen LogP contribution in [0.4, 0.5) is 4.39 Å². The molecule has 122 valence electrons. The number of hydrogen-bond donors (Lipinski definition) is 0. The molecule has 0 aliphatic heterocycles. The Bertz CT molecular complexity index is 784. The van der Waals surface area contributed by atoms with E-state index in [0.29, 0.717) is 17.7 Å². The van der Waals surface area contributed by atoms with Gasteiger partial charge in [0.1, 0.15) is 5.82 Å². The van der Waals surface area contributed by atoms with Crippen molar-refractivity contribution in [2.45, 2.75) is 12.3 Å². The number of halogens is 1. The Hall–Kier alpha value is -2.21. The maximum absolute atomic E-state index is 12.9. The van der Waals surface area contributed by atoms with Gasteiger partial charge in [0.05, 0.1) is 5.75 Å². The van der Waals surface area contributed by atoms with Crippen LogP contribution in [-0.4, -0.2) is 32.5 Å². The number of carbonyl (C=O) groups excluding carboxylic acids is 1. The summed E-state index contributed by atoms with van der Waals surface area (Å²) in [5.74, 6) is -0.545. The van der Waals surface area contributed by atoms with Crippen molar-refractivity contribution in [3.8, 4) is 0 Å². The fourth-order valence-electron chi connectivity index (χ4n) is 2.20.